The quantitative estimate of drug-likeness (QED) is 0.843. The highest BCUT2D eigenvalue weighted by Gasteiger charge is 2.16. The van der Waals surface area contributed by atoms with Crippen molar-refractivity contribution < 1.29 is 19.1 Å². The van der Waals surface area contributed by atoms with Crippen molar-refractivity contribution in [2.24, 2.45) is 0 Å². The molecule has 0 saturated heterocycles. The van der Waals surface area contributed by atoms with Gasteiger partial charge in [-0.15, -0.1) is 0 Å². The summed E-state index contributed by atoms with van der Waals surface area (Å²) in [6, 6.07) is 6.62. The van der Waals surface area contributed by atoms with Gasteiger partial charge >= 0.3 is 5.97 Å². The van der Waals surface area contributed by atoms with Crippen molar-refractivity contribution in [1.82, 2.24) is 5.32 Å². The zero-order valence-electron chi connectivity index (χ0n) is 11.6. The topological polar surface area (TPSA) is 64.6 Å². The fourth-order valence-corrected chi connectivity index (χ4v) is 1.37. The standard InChI is InChI=1S/C14H19NO4/c1-14(2,3)19-12(16)9-15-13(17)10-5-7-11(18-4)8-6-10/h5-8H,9H2,1-4H3,(H,15,17). The molecule has 0 aliphatic heterocycles. The summed E-state index contributed by atoms with van der Waals surface area (Å²) >= 11 is 0. The van der Waals surface area contributed by atoms with Gasteiger partial charge in [-0.05, 0) is 45.0 Å². The van der Waals surface area contributed by atoms with Gasteiger partial charge in [-0.1, -0.05) is 0 Å². The second-order valence-corrected chi connectivity index (χ2v) is 5.00. The number of carbonyl (C=O) groups is 2. The number of methoxy groups -OCH3 is 1. The Morgan fingerprint density at radius 2 is 1.74 bits per heavy atom. The average Bonchev–Trinajstić information content (AvgIpc) is 2.34. The highest BCUT2D eigenvalue weighted by molar-refractivity contribution is 5.96. The summed E-state index contributed by atoms with van der Waals surface area (Å²) in [5, 5.41) is 2.50. The molecule has 0 fully saturated rings. The summed E-state index contributed by atoms with van der Waals surface area (Å²) in [4.78, 5) is 23.2. The van der Waals surface area contributed by atoms with Crippen molar-refractivity contribution in [3.05, 3.63) is 29.8 Å². The van der Waals surface area contributed by atoms with Gasteiger partial charge in [-0.2, -0.15) is 0 Å². The largest absolute Gasteiger partial charge is 0.497 e. The van der Waals surface area contributed by atoms with E-state index in [1.165, 1.54) is 0 Å². The molecular formula is C14H19NO4. The molecule has 0 aliphatic carbocycles. The molecule has 0 heterocycles. The van der Waals surface area contributed by atoms with Crippen LogP contribution in [0.4, 0.5) is 0 Å². The van der Waals surface area contributed by atoms with E-state index in [4.69, 9.17) is 9.47 Å². The Hall–Kier alpha value is -2.04. The molecule has 5 heteroatoms. The number of hydrogen-bond donors (Lipinski definition) is 1. The third-order valence-corrected chi connectivity index (χ3v) is 2.17. The number of hydrogen-bond acceptors (Lipinski definition) is 4. The first-order chi connectivity index (χ1) is 8.81. The predicted molar refractivity (Wildman–Crippen MR) is 71.2 cm³/mol. The molecule has 1 N–H and O–H groups in total. The molecule has 0 aromatic heterocycles. The maximum atomic E-state index is 11.8. The smallest absolute Gasteiger partial charge is 0.325 e. The third-order valence-electron chi connectivity index (χ3n) is 2.17. The zero-order valence-corrected chi connectivity index (χ0v) is 11.6. The molecule has 0 atom stereocenters. The van der Waals surface area contributed by atoms with E-state index in [1.54, 1.807) is 52.1 Å². The first-order valence-corrected chi connectivity index (χ1v) is 5.96. The van der Waals surface area contributed by atoms with Crippen LogP contribution in [0, 0.1) is 0 Å². The van der Waals surface area contributed by atoms with Crippen LogP contribution in [0.3, 0.4) is 0 Å². The second-order valence-electron chi connectivity index (χ2n) is 5.00. The minimum absolute atomic E-state index is 0.151. The maximum Gasteiger partial charge on any atom is 0.325 e. The molecule has 104 valence electrons. The molecule has 0 spiro atoms. The van der Waals surface area contributed by atoms with E-state index in [1.807, 2.05) is 0 Å². The van der Waals surface area contributed by atoms with Gasteiger partial charge in [0.25, 0.3) is 5.91 Å². The number of ether oxygens (including phenoxy) is 2. The molecule has 5 nitrogen and oxygen atoms in total. The third kappa shape index (κ3) is 5.42. The molecule has 0 radical (unpaired) electrons. The Kier molecular flexibility index (Phi) is 4.92. The number of benzene rings is 1. The Bertz CT molecular complexity index is 446. The Morgan fingerprint density at radius 1 is 1.16 bits per heavy atom. The van der Waals surface area contributed by atoms with Crippen LogP contribution < -0.4 is 10.1 Å². The molecule has 0 bridgehead atoms. The first-order valence-electron chi connectivity index (χ1n) is 5.96. The zero-order chi connectivity index (χ0) is 14.5. The SMILES string of the molecule is COc1ccc(C(=O)NCC(=O)OC(C)(C)C)cc1. The number of amides is 1. The second kappa shape index (κ2) is 6.22. The Balaban J connectivity index is 2.49. The monoisotopic (exact) mass is 265 g/mol. The summed E-state index contributed by atoms with van der Waals surface area (Å²) < 4.78 is 10.1. The molecule has 19 heavy (non-hydrogen) atoms. The van der Waals surface area contributed by atoms with Gasteiger partial charge in [0.2, 0.25) is 0 Å². The summed E-state index contributed by atoms with van der Waals surface area (Å²) in [6.45, 7) is 5.17. The summed E-state index contributed by atoms with van der Waals surface area (Å²) in [5.74, 6) is -0.119. The van der Waals surface area contributed by atoms with Crippen LogP contribution in [0.25, 0.3) is 0 Å². The lowest BCUT2D eigenvalue weighted by Gasteiger charge is -2.19. The van der Waals surface area contributed by atoms with Crippen LogP contribution in [-0.2, 0) is 9.53 Å². The Labute approximate surface area is 112 Å². The fourth-order valence-electron chi connectivity index (χ4n) is 1.37. The molecule has 0 aliphatic rings. The first kappa shape index (κ1) is 15.0. The minimum atomic E-state index is -0.554. The molecule has 1 rings (SSSR count). The normalized spacial score (nSPS) is 10.7. The van der Waals surface area contributed by atoms with Crippen LogP contribution in [0.5, 0.6) is 5.75 Å². The van der Waals surface area contributed by atoms with Crippen molar-refractivity contribution in [2.45, 2.75) is 26.4 Å². The Morgan fingerprint density at radius 3 is 2.21 bits per heavy atom. The summed E-state index contributed by atoms with van der Waals surface area (Å²) in [5.41, 5.74) is -0.0913. The van der Waals surface area contributed by atoms with Crippen LogP contribution in [0.15, 0.2) is 24.3 Å². The molecule has 1 amide bonds. The molecule has 1 aromatic carbocycles. The maximum absolute atomic E-state index is 11.8. The van der Waals surface area contributed by atoms with Crippen LogP contribution in [-0.4, -0.2) is 31.1 Å². The number of carbonyl (C=O) groups excluding carboxylic acids is 2. The van der Waals surface area contributed by atoms with Crippen LogP contribution in [0.2, 0.25) is 0 Å². The van der Waals surface area contributed by atoms with E-state index >= 15 is 0 Å². The van der Waals surface area contributed by atoms with E-state index in [-0.39, 0.29) is 12.5 Å². The van der Waals surface area contributed by atoms with E-state index in [2.05, 4.69) is 5.32 Å². The van der Waals surface area contributed by atoms with Gasteiger partial charge in [0, 0.05) is 5.56 Å². The van der Waals surface area contributed by atoms with E-state index in [9.17, 15) is 9.59 Å². The van der Waals surface area contributed by atoms with Crippen molar-refractivity contribution in [2.75, 3.05) is 13.7 Å². The fraction of sp³-hybridized carbons (Fsp3) is 0.429. The van der Waals surface area contributed by atoms with Crippen molar-refractivity contribution >= 4 is 11.9 Å². The minimum Gasteiger partial charge on any atom is -0.497 e. The average molecular weight is 265 g/mol. The number of nitrogens with one attached hydrogen (secondary N) is 1. The lowest BCUT2D eigenvalue weighted by atomic mass is 10.2. The molecule has 0 unspecified atom stereocenters. The van der Waals surface area contributed by atoms with E-state index in [0.29, 0.717) is 11.3 Å². The van der Waals surface area contributed by atoms with Crippen molar-refractivity contribution in [3.63, 3.8) is 0 Å². The molecular weight excluding hydrogens is 246 g/mol. The summed E-state index contributed by atoms with van der Waals surface area (Å²) in [6.07, 6.45) is 0. The van der Waals surface area contributed by atoms with Crippen molar-refractivity contribution in [1.29, 1.82) is 0 Å². The number of esters is 1. The van der Waals surface area contributed by atoms with Gasteiger partial charge in [-0.3, -0.25) is 9.59 Å². The number of rotatable bonds is 4. The van der Waals surface area contributed by atoms with Crippen LogP contribution in [0.1, 0.15) is 31.1 Å². The highest BCUT2D eigenvalue weighted by Crippen LogP contribution is 2.11. The van der Waals surface area contributed by atoms with Gasteiger partial charge in [0.1, 0.15) is 17.9 Å². The lowest BCUT2D eigenvalue weighted by Crippen LogP contribution is -2.34. The van der Waals surface area contributed by atoms with Crippen LogP contribution >= 0.6 is 0 Å². The van der Waals surface area contributed by atoms with Gasteiger partial charge in [0.05, 0.1) is 7.11 Å². The van der Waals surface area contributed by atoms with Crippen molar-refractivity contribution in [3.8, 4) is 5.75 Å². The molecule has 0 saturated carbocycles. The highest BCUT2D eigenvalue weighted by atomic mass is 16.6. The van der Waals surface area contributed by atoms with Gasteiger partial charge < -0.3 is 14.8 Å². The lowest BCUT2D eigenvalue weighted by molar-refractivity contribution is -0.153. The predicted octanol–water partition coefficient (Wildman–Crippen LogP) is 1.77. The van der Waals surface area contributed by atoms with E-state index < -0.39 is 11.6 Å². The van der Waals surface area contributed by atoms with Gasteiger partial charge in [-0.25, -0.2) is 0 Å². The van der Waals surface area contributed by atoms with Gasteiger partial charge in [0.15, 0.2) is 0 Å². The molecule has 1 aromatic rings. The van der Waals surface area contributed by atoms with E-state index in [0.717, 1.165) is 0 Å². The summed E-state index contributed by atoms with van der Waals surface area (Å²) in [7, 11) is 1.55.